The predicted octanol–water partition coefficient (Wildman–Crippen LogP) is 2.39. The van der Waals surface area contributed by atoms with E-state index in [0.29, 0.717) is 5.82 Å². The van der Waals surface area contributed by atoms with Gasteiger partial charge in [0.1, 0.15) is 11.6 Å². The summed E-state index contributed by atoms with van der Waals surface area (Å²) in [6.07, 6.45) is 2.58. The lowest BCUT2D eigenvalue weighted by Crippen LogP contribution is -2.31. The molecule has 6 nitrogen and oxygen atoms in total. The van der Waals surface area contributed by atoms with Crippen LogP contribution in [0.15, 0.2) is 67.1 Å². The van der Waals surface area contributed by atoms with Crippen molar-refractivity contribution in [2.45, 2.75) is 12.1 Å². The first-order valence-corrected chi connectivity index (χ1v) is 8.09. The molecule has 3 N–H and O–H groups in total. The Morgan fingerprint density at radius 2 is 1.76 bits per heavy atom. The summed E-state index contributed by atoms with van der Waals surface area (Å²) in [5, 5.41) is 23.6. The number of imidazole rings is 1. The smallest absolute Gasteiger partial charge is 0.153 e. The molecule has 2 aromatic heterocycles. The first-order valence-electron chi connectivity index (χ1n) is 8.09. The minimum atomic E-state index is -0.859. The SMILES string of the molecule is OC[C@H](Nc1nc2ccccc2n2cncc12)[C@@H](O)c1ccccc1. The number of aromatic nitrogens is 3. The number of benzene rings is 2. The van der Waals surface area contributed by atoms with Crippen molar-refractivity contribution in [1.29, 1.82) is 0 Å². The maximum atomic E-state index is 10.6. The molecule has 2 atom stereocenters. The van der Waals surface area contributed by atoms with Crippen LogP contribution in [0.2, 0.25) is 0 Å². The molecule has 0 fully saturated rings. The van der Waals surface area contributed by atoms with Crippen molar-refractivity contribution in [3.8, 4) is 0 Å². The number of hydrogen-bond acceptors (Lipinski definition) is 5. The molecule has 0 aliphatic rings. The number of aliphatic hydroxyl groups excluding tert-OH is 2. The van der Waals surface area contributed by atoms with Crippen LogP contribution in [-0.4, -0.2) is 37.2 Å². The Kier molecular flexibility index (Phi) is 4.05. The lowest BCUT2D eigenvalue weighted by molar-refractivity contribution is 0.118. The lowest BCUT2D eigenvalue weighted by Gasteiger charge is -2.23. The van der Waals surface area contributed by atoms with Gasteiger partial charge in [-0.2, -0.15) is 0 Å². The molecule has 0 aliphatic heterocycles. The minimum absolute atomic E-state index is 0.231. The topological polar surface area (TPSA) is 82.7 Å². The van der Waals surface area contributed by atoms with Crippen LogP contribution in [0.3, 0.4) is 0 Å². The number of fused-ring (bicyclic) bond motifs is 3. The van der Waals surface area contributed by atoms with E-state index in [1.807, 2.05) is 59.0 Å². The number of rotatable bonds is 5. The average Bonchev–Trinajstić information content (AvgIpc) is 3.16. The Morgan fingerprint density at radius 1 is 1.00 bits per heavy atom. The summed E-state index contributed by atoms with van der Waals surface area (Å²) in [6, 6.07) is 16.4. The number of hydrogen-bond donors (Lipinski definition) is 3. The van der Waals surface area contributed by atoms with E-state index < -0.39 is 12.1 Å². The molecule has 126 valence electrons. The van der Waals surface area contributed by atoms with Crippen LogP contribution in [0.5, 0.6) is 0 Å². The highest BCUT2D eigenvalue weighted by molar-refractivity contribution is 5.84. The molecule has 0 aliphatic carbocycles. The van der Waals surface area contributed by atoms with Gasteiger partial charge in [-0.25, -0.2) is 9.97 Å². The Balaban J connectivity index is 1.74. The summed E-state index contributed by atoms with van der Waals surface area (Å²) in [7, 11) is 0. The Bertz CT molecular complexity index is 1000. The summed E-state index contributed by atoms with van der Waals surface area (Å²) in [6.45, 7) is -0.231. The summed E-state index contributed by atoms with van der Waals surface area (Å²) < 4.78 is 1.94. The summed E-state index contributed by atoms with van der Waals surface area (Å²) >= 11 is 0. The van der Waals surface area contributed by atoms with E-state index in [9.17, 15) is 10.2 Å². The van der Waals surface area contributed by atoms with E-state index in [-0.39, 0.29) is 6.61 Å². The normalized spacial score (nSPS) is 13.8. The van der Waals surface area contributed by atoms with Gasteiger partial charge in [0.05, 0.1) is 36.2 Å². The Morgan fingerprint density at radius 3 is 2.56 bits per heavy atom. The molecule has 0 saturated carbocycles. The van der Waals surface area contributed by atoms with E-state index in [4.69, 9.17) is 0 Å². The van der Waals surface area contributed by atoms with Crippen molar-refractivity contribution in [2.75, 3.05) is 11.9 Å². The molecule has 25 heavy (non-hydrogen) atoms. The highest BCUT2D eigenvalue weighted by Gasteiger charge is 2.22. The standard InChI is InChI=1S/C19H18N4O2/c24-11-15(18(25)13-6-2-1-3-7-13)22-19-17-10-20-12-23(17)16-9-5-4-8-14(16)21-19/h1-10,12,15,18,24-25H,11H2,(H,21,22)/t15-,18-/m0/s1. The first-order chi connectivity index (χ1) is 12.3. The first kappa shape index (κ1) is 15.6. The molecule has 0 unspecified atom stereocenters. The second kappa shape index (κ2) is 6.51. The Hall–Kier alpha value is -2.96. The monoisotopic (exact) mass is 334 g/mol. The fraction of sp³-hybridized carbons (Fsp3) is 0.158. The Labute approximate surface area is 144 Å². The number of nitrogens with zero attached hydrogens (tertiary/aromatic N) is 3. The third kappa shape index (κ3) is 2.82. The second-order valence-electron chi connectivity index (χ2n) is 5.89. The second-order valence-corrected chi connectivity index (χ2v) is 5.89. The van der Waals surface area contributed by atoms with Gasteiger partial charge in [0.15, 0.2) is 5.82 Å². The lowest BCUT2D eigenvalue weighted by atomic mass is 10.0. The molecule has 2 aromatic carbocycles. The van der Waals surface area contributed by atoms with E-state index in [2.05, 4.69) is 15.3 Å². The quantitative estimate of drug-likeness (QED) is 0.522. The highest BCUT2D eigenvalue weighted by Crippen LogP contribution is 2.25. The van der Waals surface area contributed by atoms with E-state index in [1.165, 1.54) is 0 Å². The zero-order valence-corrected chi connectivity index (χ0v) is 13.4. The molecule has 0 radical (unpaired) electrons. The van der Waals surface area contributed by atoms with Crippen LogP contribution in [-0.2, 0) is 0 Å². The third-order valence-corrected chi connectivity index (χ3v) is 4.30. The number of nitrogens with one attached hydrogen (secondary N) is 1. The molecular weight excluding hydrogens is 316 g/mol. The molecule has 0 amide bonds. The van der Waals surface area contributed by atoms with Crippen molar-refractivity contribution < 1.29 is 10.2 Å². The van der Waals surface area contributed by atoms with Crippen LogP contribution in [0, 0.1) is 0 Å². The van der Waals surface area contributed by atoms with Crippen LogP contribution in [0.1, 0.15) is 11.7 Å². The van der Waals surface area contributed by atoms with Crippen molar-refractivity contribution in [1.82, 2.24) is 14.4 Å². The number of aliphatic hydroxyl groups is 2. The van der Waals surface area contributed by atoms with Crippen molar-refractivity contribution in [3.05, 3.63) is 72.7 Å². The fourth-order valence-electron chi connectivity index (χ4n) is 2.99. The van der Waals surface area contributed by atoms with E-state index >= 15 is 0 Å². The van der Waals surface area contributed by atoms with Gasteiger partial charge in [-0.05, 0) is 17.7 Å². The number of para-hydroxylation sites is 2. The van der Waals surface area contributed by atoms with Crippen molar-refractivity contribution in [3.63, 3.8) is 0 Å². The third-order valence-electron chi connectivity index (χ3n) is 4.30. The van der Waals surface area contributed by atoms with Gasteiger partial charge in [0.2, 0.25) is 0 Å². The molecule has 0 spiro atoms. The van der Waals surface area contributed by atoms with Gasteiger partial charge in [0.25, 0.3) is 0 Å². The maximum absolute atomic E-state index is 10.6. The van der Waals surface area contributed by atoms with Crippen LogP contribution >= 0.6 is 0 Å². The summed E-state index contributed by atoms with van der Waals surface area (Å²) in [5.41, 5.74) is 3.28. The van der Waals surface area contributed by atoms with Crippen molar-refractivity contribution >= 4 is 22.4 Å². The zero-order chi connectivity index (χ0) is 17.2. The van der Waals surface area contributed by atoms with Crippen LogP contribution in [0.4, 0.5) is 5.82 Å². The molecule has 0 saturated heterocycles. The van der Waals surface area contributed by atoms with Crippen LogP contribution in [0.25, 0.3) is 16.6 Å². The van der Waals surface area contributed by atoms with E-state index in [1.54, 1.807) is 12.5 Å². The predicted molar refractivity (Wildman–Crippen MR) is 96.4 cm³/mol. The van der Waals surface area contributed by atoms with Gasteiger partial charge < -0.3 is 15.5 Å². The largest absolute Gasteiger partial charge is 0.394 e. The van der Waals surface area contributed by atoms with Gasteiger partial charge in [0, 0.05) is 0 Å². The fourth-order valence-corrected chi connectivity index (χ4v) is 2.99. The molecule has 4 rings (SSSR count). The van der Waals surface area contributed by atoms with Gasteiger partial charge >= 0.3 is 0 Å². The molecule has 4 aromatic rings. The van der Waals surface area contributed by atoms with Crippen LogP contribution < -0.4 is 5.32 Å². The summed E-state index contributed by atoms with van der Waals surface area (Å²) in [4.78, 5) is 8.85. The summed E-state index contributed by atoms with van der Waals surface area (Å²) in [5.74, 6) is 0.574. The zero-order valence-electron chi connectivity index (χ0n) is 13.4. The van der Waals surface area contributed by atoms with Gasteiger partial charge in [-0.1, -0.05) is 42.5 Å². The van der Waals surface area contributed by atoms with E-state index in [0.717, 1.165) is 22.1 Å². The maximum Gasteiger partial charge on any atom is 0.153 e. The molecular formula is C19H18N4O2. The minimum Gasteiger partial charge on any atom is -0.394 e. The average molecular weight is 334 g/mol. The van der Waals surface area contributed by atoms with Gasteiger partial charge in [-0.3, -0.25) is 4.40 Å². The van der Waals surface area contributed by atoms with Gasteiger partial charge in [-0.15, -0.1) is 0 Å². The van der Waals surface area contributed by atoms with Crippen molar-refractivity contribution in [2.24, 2.45) is 0 Å². The number of anilines is 1. The highest BCUT2D eigenvalue weighted by atomic mass is 16.3. The molecule has 6 heteroatoms. The molecule has 0 bridgehead atoms. The molecule has 2 heterocycles.